The van der Waals surface area contributed by atoms with Gasteiger partial charge in [-0.15, -0.1) is 0 Å². The number of aromatic nitrogens is 1. The number of amides is 1. The highest BCUT2D eigenvalue weighted by Crippen LogP contribution is 2.36. The lowest BCUT2D eigenvalue weighted by Gasteiger charge is -1.99. The Kier molecular flexibility index (Phi) is 4.28. The summed E-state index contributed by atoms with van der Waals surface area (Å²) in [6, 6.07) is 12.8. The summed E-state index contributed by atoms with van der Waals surface area (Å²) in [5, 5.41) is 6.78. The van der Waals surface area contributed by atoms with Crippen LogP contribution >= 0.6 is 0 Å². The molecule has 146 valence electrons. The van der Waals surface area contributed by atoms with Crippen molar-refractivity contribution in [3.63, 3.8) is 0 Å². The van der Waals surface area contributed by atoms with Crippen LogP contribution in [0, 0.1) is 0 Å². The van der Waals surface area contributed by atoms with E-state index in [-0.39, 0.29) is 26.0 Å². The summed E-state index contributed by atoms with van der Waals surface area (Å²) < 4.78 is 26.6. The average Bonchev–Trinajstić information content (AvgIpc) is 3.49. The highest BCUT2D eigenvalue weighted by molar-refractivity contribution is 5.91. The van der Waals surface area contributed by atoms with Gasteiger partial charge in [-0.1, -0.05) is 11.2 Å². The molecule has 0 aliphatic carbocycles. The number of hydrogen-bond acceptors (Lipinski definition) is 7. The fraction of sp³-hybridized carbons (Fsp3) is 0.143. The number of carbonyl (C=O) groups is 1. The first kappa shape index (κ1) is 17.2. The van der Waals surface area contributed by atoms with Crippen LogP contribution in [-0.4, -0.2) is 24.6 Å². The van der Waals surface area contributed by atoms with Gasteiger partial charge in [0.1, 0.15) is 5.69 Å². The lowest BCUT2D eigenvalue weighted by molar-refractivity contribution is -0.116. The summed E-state index contributed by atoms with van der Waals surface area (Å²) in [7, 11) is 0. The van der Waals surface area contributed by atoms with Crippen molar-refractivity contribution in [3.05, 3.63) is 59.8 Å². The normalized spacial score (nSPS) is 13.8. The molecule has 1 N–H and O–H groups in total. The fourth-order valence-corrected chi connectivity index (χ4v) is 3.01. The van der Waals surface area contributed by atoms with E-state index in [0.29, 0.717) is 34.5 Å². The van der Waals surface area contributed by atoms with Gasteiger partial charge in [-0.05, 0) is 42.0 Å². The van der Waals surface area contributed by atoms with E-state index in [1.807, 2.05) is 36.4 Å². The first-order valence-corrected chi connectivity index (χ1v) is 8.96. The third kappa shape index (κ3) is 3.60. The number of fused-ring (bicyclic) bond motifs is 2. The van der Waals surface area contributed by atoms with Gasteiger partial charge in [-0.2, -0.15) is 0 Å². The van der Waals surface area contributed by atoms with Crippen molar-refractivity contribution in [2.45, 2.75) is 6.54 Å². The molecule has 1 aromatic heterocycles. The molecular weight excluding hydrogens is 376 g/mol. The van der Waals surface area contributed by atoms with E-state index in [1.165, 1.54) is 6.08 Å². The third-order valence-electron chi connectivity index (χ3n) is 4.48. The van der Waals surface area contributed by atoms with Gasteiger partial charge in [-0.3, -0.25) is 4.79 Å². The minimum atomic E-state index is -0.240. The second-order valence-corrected chi connectivity index (χ2v) is 6.41. The molecule has 8 heteroatoms. The maximum Gasteiger partial charge on any atom is 0.244 e. The summed E-state index contributed by atoms with van der Waals surface area (Å²) in [4.78, 5) is 12.1. The van der Waals surface area contributed by atoms with Gasteiger partial charge in [0.05, 0.1) is 6.54 Å². The molecule has 0 saturated carbocycles. The first-order chi connectivity index (χ1) is 14.2. The van der Waals surface area contributed by atoms with Crippen LogP contribution in [0.2, 0.25) is 0 Å². The Hall–Kier alpha value is -3.94. The number of nitrogens with zero attached hydrogens (tertiary/aromatic N) is 1. The molecule has 1 amide bonds. The molecule has 2 aromatic carbocycles. The molecule has 0 bridgehead atoms. The second kappa shape index (κ2) is 7.23. The Bertz CT molecular complexity index is 1100. The van der Waals surface area contributed by atoms with Crippen LogP contribution < -0.4 is 24.3 Å². The molecule has 29 heavy (non-hydrogen) atoms. The highest BCUT2D eigenvalue weighted by Gasteiger charge is 2.16. The molecule has 2 aliphatic rings. The molecule has 0 fully saturated rings. The number of rotatable bonds is 5. The molecule has 0 atom stereocenters. The monoisotopic (exact) mass is 392 g/mol. The van der Waals surface area contributed by atoms with Gasteiger partial charge < -0.3 is 28.8 Å². The average molecular weight is 392 g/mol. The van der Waals surface area contributed by atoms with Gasteiger partial charge in [0, 0.05) is 17.7 Å². The highest BCUT2D eigenvalue weighted by atomic mass is 16.7. The van der Waals surface area contributed by atoms with Crippen molar-refractivity contribution in [2.75, 3.05) is 13.6 Å². The van der Waals surface area contributed by atoms with Crippen LogP contribution in [0.25, 0.3) is 17.4 Å². The Balaban J connectivity index is 1.19. The molecule has 0 unspecified atom stereocenters. The summed E-state index contributed by atoms with van der Waals surface area (Å²) in [5.41, 5.74) is 2.28. The van der Waals surface area contributed by atoms with Crippen molar-refractivity contribution in [1.82, 2.24) is 10.5 Å². The molecule has 8 nitrogen and oxygen atoms in total. The number of benzene rings is 2. The molecule has 5 rings (SSSR count). The zero-order valence-electron chi connectivity index (χ0n) is 15.2. The smallest absolute Gasteiger partial charge is 0.244 e. The lowest BCUT2D eigenvalue weighted by Crippen LogP contribution is -2.20. The predicted molar refractivity (Wildman–Crippen MR) is 102 cm³/mol. The van der Waals surface area contributed by atoms with E-state index < -0.39 is 0 Å². The first-order valence-electron chi connectivity index (χ1n) is 8.96. The van der Waals surface area contributed by atoms with E-state index in [0.717, 1.165) is 11.1 Å². The summed E-state index contributed by atoms with van der Waals surface area (Å²) in [6.45, 7) is 0.680. The van der Waals surface area contributed by atoms with E-state index in [9.17, 15) is 4.79 Å². The standard InChI is InChI=1S/C21H16N2O6/c24-21(6-2-13-1-4-16-19(7-13)27-11-25-16)22-10-15-9-18(29-23-15)14-3-5-17-20(8-14)28-12-26-17/h1-9H,10-12H2,(H,22,24). The number of nitrogens with one attached hydrogen (secondary N) is 1. The molecule has 3 aromatic rings. The van der Waals surface area contributed by atoms with Crippen LogP contribution in [0.1, 0.15) is 11.3 Å². The van der Waals surface area contributed by atoms with E-state index in [4.69, 9.17) is 23.5 Å². The minimum Gasteiger partial charge on any atom is -0.454 e. The van der Waals surface area contributed by atoms with Gasteiger partial charge in [0.2, 0.25) is 19.5 Å². The maximum absolute atomic E-state index is 12.1. The van der Waals surface area contributed by atoms with E-state index in [1.54, 1.807) is 12.1 Å². The lowest BCUT2D eigenvalue weighted by atomic mass is 10.1. The Morgan fingerprint density at radius 1 is 0.931 bits per heavy atom. The zero-order valence-corrected chi connectivity index (χ0v) is 15.2. The Morgan fingerprint density at radius 2 is 1.66 bits per heavy atom. The van der Waals surface area contributed by atoms with Gasteiger partial charge in [-0.25, -0.2) is 0 Å². The fourth-order valence-electron chi connectivity index (χ4n) is 3.01. The number of hydrogen-bond donors (Lipinski definition) is 1. The summed E-state index contributed by atoms with van der Waals surface area (Å²) >= 11 is 0. The zero-order chi connectivity index (χ0) is 19.6. The van der Waals surface area contributed by atoms with Gasteiger partial charge in [0.15, 0.2) is 28.8 Å². The van der Waals surface area contributed by atoms with Crippen molar-refractivity contribution in [2.24, 2.45) is 0 Å². The van der Waals surface area contributed by atoms with Crippen molar-refractivity contribution < 1.29 is 28.3 Å². The van der Waals surface area contributed by atoms with Crippen molar-refractivity contribution >= 4 is 12.0 Å². The molecular formula is C21H16N2O6. The largest absolute Gasteiger partial charge is 0.454 e. The molecule has 0 spiro atoms. The SMILES string of the molecule is O=C(C=Cc1ccc2c(c1)OCO2)NCc1cc(-c2ccc3c(c2)OCO3)on1. The minimum absolute atomic E-state index is 0.215. The summed E-state index contributed by atoms with van der Waals surface area (Å²) in [6.07, 6.45) is 3.16. The number of ether oxygens (including phenoxy) is 4. The predicted octanol–water partition coefficient (Wildman–Crippen LogP) is 3.13. The molecule has 0 saturated heterocycles. The second-order valence-electron chi connectivity index (χ2n) is 6.41. The quantitative estimate of drug-likeness (QED) is 0.667. The van der Waals surface area contributed by atoms with Crippen LogP contribution in [0.15, 0.2) is 53.1 Å². The molecule has 3 heterocycles. The van der Waals surface area contributed by atoms with Gasteiger partial charge >= 0.3 is 0 Å². The Morgan fingerprint density at radius 3 is 2.48 bits per heavy atom. The Labute approximate surface area is 165 Å². The number of carbonyl (C=O) groups excluding carboxylic acids is 1. The van der Waals surface area contributed by atoms with Crippen molar-refractivity contribution in [1.29, 1.82) is 0 Å². The maximum atomic E-state index is 12.1. The van der Waals surface area contributed by atoms with Crippen LogP contribution in [0.3, 0.4) is 0 Å². The summed E-state index contributed by atoms with van der Waals surface area (Å²) in [5.74, 6) is 3.10. The van der Waals surface area contributed by atoms with E-state index in [2.05, 4.69) is 10.5 Å². The van der Waals surface area contributed by atoms with Gasteiger partial charge in [0.25, 0.3) is 0 Å². The van der Waals surface area contributed by atoms with Crippen LogP contribution in [-0.2, 0) is 11.3 Å². The molecule has 2 aliphatic heterocycles. The molecule has 0 radical (unpaired) electrons. The third-order valence-corrected chi connectivity index (χ3v) is 4.48. The topological polar surface area (TPSA) is 92.1 Å². The van der Waals surface area contributed by atoms with Crippen LogP contribution in [0.5, 0.6) is 23.0 Å². The van der Waals surface area contributed by atoms with Crippen molar-refractivity contribution in [3.8, 4) is 34.3 Å². The van der Waals surface area contributed by atoms with Crippen LogP contribution in [0.4, 0.5) is 0 Å². The van der Waals surface area contributed by atoms with E-state index >= 15 is 0 Å².